The summed E-state index contributed by atoms with van der Waals surface area (Å²) >= 11 is 6.24. The second kappa shape index (κ2) is 5.64. The SMILES string of the molecule is COC1CN(S(=O)(=O)c2ccccc2)CC1(C)C1=C(Cl)CC1. The quantitative estimate of drug-likeness (QED) is 0.845. The molecular weight excluding hydrogens is 322 g/mol. The Morgan fingerprint density at radius 3 is 2.45 bits per heavy atom. The highest BCUT2D eigenvalue weighted by atomic mass is 35.5. The first-order valence-electron chi connectivity index (χ1n) is 7.35. The molecule has 22 heavy (non-hydrogen) atoms. The molecular formula is C16H20ClNO3S. The van der Waals surface area contributed by atoms with E-state index in [0.29, 0.717) is 18.0 Å². The van der Waals surface area contributed by atoms with Crippen molar-refractivity contribution in [1.82, 2.24) is 4.31 Å². The van der Waals surface area contributed by atoms with Gasteiger partial charge in [-0.15, -0.1) is 0 Å². The molecule has 1 aromatic rings. The lowest BCUT2D eigenvalue weighted by molar-refractivity contribution is 0.0486. The van der Waals surface area contributed by atoms with E-state index in [1.54, 1.807) is 31.4 Å². The number of nitrogens with zero attached hydrogens (tertiary/aromatic N) is 1. The van der Waals surface area contributed by atoms with E-state index in [1.165, 1.54) is 4.31 Å². The molecule has 0 aromatic heterocycles. The fourth-order valence-corrected chi connectivity index (χ4v) is 5.38. The van der Waals surface area contributed by atoms with Crippen molar-refractivity contribution in [3.63, 3.8) is 0 Å². The largest absolute Gasteiger partial charge is 0.379 e. The smallest absolute Gasteiger partial charge is 0.243 e. The minimum absolute atomic E-state index is 0.171. The van der Waals surface area contributed by atoms with Crippen LogP contribution < -0.4 is 0 Å². The van der Waals surface area contributed by atoms with Gasteiger partial charge in [0.15, 0.2) is 0 Å². The summed E-state index contributed by atoms with van der Waals surface area (Å²) in [6.45, 7) is 2.82. The molecule has 1 aliphatic heterocycles. The summed E-state index contributed by atoms with van der Waals surface area (Å²) in [5, 5.41) is 0.864. The summed E-state index contributed by atoms with van der Waals surface area (Å²) in [4.78, 5) is 0.322. The van der Waals surface area contributed by atoms with Gasteiger partial charge in [-0.1, -0.05) is 36.7 Å². The summed E-state index contributed by atoms with van der Waals surface area (Å²) in [5.41, 5.74) is 0.804. The second-order valence-corrected chi connectivity index (χ2v) is 8.53. The Balaban J connectivity index is 1.94. The van der Waals surface area contributed by atoms with E-state index in [0.717, 1.165) is 23.4 Å². The lowest BCUT2D eigenvalue weighted by Crippen LogP contribution is -2.37. The van der Waals surface area contributed by atoms with Crippen molar-refractivity contribution in [1.29, 1.82) is 0 Å². The Labute approximate surface area is 136 Å². The summed E-state index contributed by atoms with van der Waals surface area (Å²) < 4.78 is 32.7. The predicted molar refractivity (Wildman–Crippen MR) is 86.2 cm³/mol. The zero-order valence-electron chi connectivity index (χ0n) is 12.8. The Hall–Kier alpha value is -0.880. The molecule has 0 spiro atoms. The van der Waals surface area contributed by atoms with E-state index >= 15 is 0 Å². The number of halogens is 1. The molecule has 0 saturated carbocycles. The topological polar surface area (TPSA) is 46.6 Å². The van der Waals surface area contributed by atoms with E-state index in [4.69, 9.17) is 16.3 Å². The summed E-state index contributed by atoms with van der Waals surface area (Å²) in [6.07, 6.45) is 1.64. The predicted octanol–water partition coefficient (Wildman–Crippen LogP) is 3.00. The number of hydrogen-bond acceptors (Lipinski definition) is 3. The van der Waals surface area contributed by atoms with Gasteiger partial charge in [0.1, 0.15) is 0 Å². The van der Waals surface area contributed by atoms with Gasteiger partial charge < -0.3 is 4.74 Å². The monoisotopic (exact) mass is 341 g/mol. The van der Waals surface area contributed by atoms with Crippen molar-refractivity contribution in [3.8, 4) is 0 Å². The first-order valence-corrected chi connectivity index (χ1v) is 9.17. The Morgan fingerprint density at radius 1 is 1.27 bits per heavy atom. The van der Waals surface area contributed by atoms with Crippen LogP contribution in [-0.4, -0.2) is 39.0 Å². The molecule has 120 valence electrons. The molecule has 6 heteroatoms. The van der Waals surface area contributed by atoms with Crippen molar-refractivity contribution in [2.45, 2.75) is 30.8 Å². The van der Waals surface area contributed by atoms with Crippen LogP contribution in [0.15, 0.2) is 45.8 Å². The molecule has 1 saturated heterocycles. The molecule has 1 aromatic carbocycles. The van der Waals surface area contributed by atoms with Gasteiger partial charge in [-0.05, 0) is 30.5 Å². The van der Waals surface area contributed by atoms with Crippen molar-refractivity contribution >= 4 is 21.6 Å². The second-order valence-electron chi connectivity index (χ2n) is 6.14. The van der Waals surface area contributed by atoms with Crippen LogP contribution in [0.5, 0.6) is 0 Å². The number of sulfonamides is 1. The summed E-state index contributed by atoms with van der Waals surface area (Å²) in [6, 6.07) is 8.54. The fourth-order valence-electron chi connectivity index (χ4n) is 3.41. The van der Waals surface area contributed by atoms with E-state index in [-0.39, 0.29) is 11.5 Å². The molecule has 4 nitrogen and oxygen atoms in total. The normalized spacial score (nSPS) is 29.7. The van der Waals surface area contributed by atoms with Gasteiger partial charge in [-0.25, -0.2) is 8.42 Å². The van der Waals surface area contributed by atoms with Crippen LogP contribution in [0.4, 0.5) is 0 Å². The van der Waals surface area contributed by atoms with Crippen molar-refractivity contribution in [3.05, 3.63) is 40.9 Å². The standard InChI is InChI=1S/C16H20ClNO3S/c1-16(13-8-9-14(13)17)11-18(10-15(16)21-2)22(19,20)12-6-4-3-5-7-12/h3-7,15H,8-11H2,1-2H3. The maximum absolute atomic E-state index is 12.8. The van der Waals surface area contributed by atoms with Gasteiger partial charge in [-0.2, -0.15) is 4.31 Å². The Bertz CT molecular complexity index is 701. The van der Waals surface area contributed by atoms with E-state index < -0.39 is 10.0 Å². The van der Waals surface area contributed by atoms with Crippen LogP contribution >= 0.6 is 11.6 Å². The molecule has 2 atom stereocenters. The maximum atomic E-state index is 12.8. The number of rotatable bonds is 4. The molecule has 1 heterocycles. The van der Waals surface area contributed by atoms with Crippen LogP contribution in [0.1, 0.15) is 19.8 Å². The van der Waals surface area contributed by atoms with Crippen LogP contribution in [0.2, 0.25) is 0 Å². The first kappa shape index (κ1) is 16.0. The molecule has 2 aliphatic rings. The van der Waals surface area contributed by atoms with Crippen LogP contribution in [0.25, 0.3) is 0 Å². The van der Waals surface area contributed by atoms with E-state index in [1.807, 2.05) is 6.07 Å². The summed E-state index contributed by atoms with van der Waals surface area (Å²) in [7, 11) is -1.87. The zero-order valence-corrected chi connectivity index (χ0v) is 14.3. The number of ether oxygens (including phenoxy) is 1. The molecule has 0 N–H and O–H groups in total. The molecule has 3 rings (SSSR count). The first-order chi connectivity index (χ1) is 10.4. The van der Waals surface area contributed by atoms with Gasteiger partial charge in [0.2, 0.25) is 10.0 Å². The molecule has 0 radical (unpaired) electrons. The number of benzene rings is 1. The third kappa shape index (κ3) is 2.40. The third-order valence-corrected chi connectivity index (χ3v) is 7.10. The van der Waals surface area contributed by atoms with E-state index in [9.17, 15) is 8.42 Å². The van der Waals surface area contributed by atoms with Crippen molar-refractivity contribution in [2.24, 2.45) is 5.41 Å². The summed E-state index contributed by atoms with van der Waals surface area (Å²) in [5.74, 6) is 0. The third-order valence-electron chi connectivity index (χ3n) is 4.86. The number of hydrogen-bond donors (Lipinski definition) is 0. The number of allylic oxidation sites excluding steroid dienone is 1. The maximum Gasteiger partial charge on any atom is 0.243 e. The Kier molecular flexibility index (Phi) is 4.10. The lowest BCUT2D eigenvalue weighted by Gasteiger charge is -2.37. The highest BCUT2D eigenvalue weighted by Crippen LogP contribution is 2.49. The van der Waals surface area contributed by atoms with Crippen LogP contribution in [0, 0.1) is 5.41 Å². The van der Waals surface area contributed by atoms with Crippen molar-refractivity contribution in [2.75, 3.05) is 20.2 Å². The average molecular weight is 342 g/mol. The zero-order chi connectivity index (χ0) is 16.0. The van der Waals surface area contributed by atoms with Gasteiger partial charge in [-0.3, -0.25) is 0 Å². The van der Waals surface area contributed by atoms with Crippen molar-refractivity contribution < 1.29 is 13.2 Å². The molecule has 1 fully saturated rings. The highest BCUT2D eigenvalue weighted by Gasteiger charge is 2.51. The van der Waals surface area contributed by atoms with Gasteiger partial charge >= 0.3 is 0 Å². The van der Waals surface area contributed by atoms with Gasteiger partial charge in [0.05, 0.1) is 11.0 Å². The van der Waals surface area contributed by atoms with E-state index in [2.05, 4.69) is 6.92 Å². The molecule has 1 aliphatic carbocycles. The molecule has 2 unspecified atom stereocenters. The van der Waals surface area contributed by atoms with Crippen LogP contribution in [-0.2, 0) is 14.8 Å². The number of methoxy groups -OCH3 is 1. The molecule has 0 bridgehead atoms. The van der Waals surface area contributed by atoms with Crippen LogP contribution in [0.3, 0.4) is 0 Å². The van der Waals surface area contributed by atoms with Gasteiger partial charge in [0, 0.05) is 30.6 Å². The average Bonchev–Trinajstić information content (AvgIpc) is 2.84. The minimum Gasteiger partial charge on any atom is -0.379 e. The lowest BCUT2D eigenvalue weighted by atomic mass is 9.72. The minimum atomic E-state index is -3.50. The highest BCUT2D eigenvalue weighted by molar-refractivity contribution is 7.89. The fraction of sp³-hybridized carbons (Fsp3) is 0.500. The molecule has 0 amide bonds. The van der Waals surface area contributed by atoms with Gasteiger partial charge in [0.25, 0.3) is 0 Å². The Morgan fingerprint density at radius 2 is 1.95 bits per heavy atom.